The van der Waals surface area contributed by atoms with Gasteiger partial charge in [-0.1, -0.05) is 0 Å². The van der Waals surface area contributed by atoms with Crippen LogP contribution in [-0.2, 0) is 4.79 Å². The van der Waals surface area contributed by atoms with Crippen LogP contribution in [0.5, 0.6) is 17.2 Å². The Morgan fingerprint density at radius 2 is 1.86 bits per heavy atom. The predicted octanol–water partition coefficient (Wildman–Crippen LogP) is 4.00. The minimum atomic E-state index is 0.0828. The van der Waals surface area contributed by atoms with Crippen molar-refractivity contribution in [2.24, 2.45) is 0 Å². The van der Waals surface area contributed by atoms with E-state index in [1.54, 1.807) is 18.3 Å². The first-order chi connectivity index (χ1) is 17.5. The zero-order chi connectivity index (χ0) is 25.7. The molecule has 0 saturated carbocycles. The molecule has 9 nitrogen and oxygen atoms in total. The summed E-state index contributed by atoms with van der Waals surface area (Å²) >= 11 is 0. The van der Waals surface area contributed by atoms with Crippen LogP contribution < -0.4 is 24.1 Å². The van der Waals surface area contributed by atoms with Crippen LogP contribution in [0.15, 0.2) is 42.6 Å². The summed E-state index contributed by atoms with van der Waals surface area (Å²) in [4.78, 5) is 18.7. The first-order valence-electron chi connectivity index (χ1n) is 12.0. The lowest BCUT2D eigenvalue weighted by Gasteiger charge is -2.40. The van der Waals surface area contributed by atoms with Crippen LogP contribution in [0.1, 0.15) is 26.3 Å². The summed E-state index contributed by atoms with van der Waals surface area (Å²) in [5, 5.41) is 14.3. The fourth-order valence-electron chi connectivity index (χ4n) is 4.41. The van der Waals surface area contributed by atoms with Crippen molar-refractivity contribution in [3.05, 3.63) is 48.2 Å². The minimum Gasteiger partial charge on any atom is -0.493 e. The second kappa shape index (κ2) is 11.1. The molecule has 0 atom stereocenters. The number of fused-ring (bicyclic) bond motifs is 1. The third kappa shape index (κ3) is 5.14. The van der Waals surface area contributed by atoms with Gasteiger partial charge in [-0.05, 0) is 51.1 Å². The van der Waals surface area contributed by atoms with Gasteiger partial charge >= 0.3 is 0 Å². The van der Waals surface area contributed by atoms with Crippen LogP contribution in [-0.4, -0.2) is 62.4 Å². The van der Waals surface area contributed by atoms with E-state index >= 15 is 0 Å². The number of benzene rings is 2. The highest BCUT2D eigenvalue weighted by atomic mass is 16.5. The van der Waals surface area contributed by atoms with E-state index in [0.29, 0.717) is 49.8 Å². The standard InChI is InChI=1S/C27H31N5O4/c1-5-35-26-15-24-23(14-25(26)34-4)27(20(16-28)17-29-24)30-10-12-31(13-11-30)32(18-33)21-6-8-22(9-7-21)36-19(2)3/h6-9,14-15,17-19H,5,10-13H2,1-4H3. The number of pyridine rings is 1. The van der Waals surface area contributed by atoms with Gasteiger partial charge in [0.1, 0.15) is 11.8 Å². The number of carbonyl (C=O) groups is 1. The Labute approximate surface area is 211 Å². The number of hydrazine groups is 1. The van der Waals surface area contributed by atoms with E-state index in [-0.39, 0.29) is 6.10 Å². The number of amides is 1. The number of nitrogens with zero attached hydrogens (tertiary/aromatic N) is 5. The lowest BCUT2D eigenvalue weighted by Crippen LogP contribution is -2.54. The molecule has 0 radical (unpaired) electrons. The van der Waals surface area contributed by atoms with Crippen LogP contribution in [0.25, 0.3) is 10.9 Å². The summed E-state index contributed by atoms with van der Waals surface area (Å²) in [5.41, 5.74) is 2.82. The van der Waals surface area contributed by atoms with E-state index in [2.05, 4.69) is 16.0 Å². The summed E-state index contributed by atoms with van der Waals surface area (Å²) in [6.45, 7) is 8.83. The molecular weight excluding hydrogens is 458 g/mol. The fourth-order valence-corrected chi connectivity index (χ4v) is 4.41. The van der Waals surface area contributed by atoms with Crippen LogP contribution in [0.3, 0.4) is 0 Å². The van der Waals surface area contributed by atoms with E-state index < -0.39 is 0 Å². The summed E-state index contributed by atoms with van der Waals surface area (Å²) in [6, 6.07) is 13.5. The van der Waals surface area contributed by atoms with Crippen molar-refractivity contribution < 1.29 is 19.0 Å². The van der Waals surface area contributed by atoms with Crippen LogP contribution in [0.4, 0.5) is 11.4 Å². The number of aromatic nitrogens is 1. The van der Waals surface area contributed by atoms with Gasteiger partial charge in [0.25, 0.3) is 0 Å². The van der Waals surface area contributed by atoms with Gasteiger partial charge in [-0.25, -0.2) is 10.0 Å². The molecule has 188 valence electrons. The number of hydrogen-bond acceptors (Lipinski definition) is 8. The third-order valence-electron chi connectivity index (χ3n) is 6.00. The molecule has 2 heterocycles. The zero-order valence-corrected chi connectivity index (χ0v) is 21.1. The Kier molecular flexibility index (Phi) is 7.76. The van der Waals surface area contributed by atoms with E-state index in [0.717, 1.165) is 34.4 Å². The molecule has 1 fully saturated rings. The SMILES string of the molecule is CCOc1cc2ncc(C#N)c(N3CCN(N(C=O)c4ccc(OC(C)C)cc4)CC3)c2cc1OC. The third-order valence-corrected chi connectivity index (χ3v) is 6.00. The van der Waals surface area contributed by atoms with Crippen molar-refractivity contribution in [3.8, 4) is 23.3 Å². The normalized spacial score (nSPS) is 13.9. The highest BCUT2D eigenvalue weighted by Crippen LogP contribution is 2.38. The number of piperazine rings is 1. The minimum absolute atomic E-state index is 0.0828. The smallest absolute Gasteiger partial charge is 0.228 e. The second-order valence-corrected chi connectivity index (χ2v) is 8.64. The molecule has 1 aromatic heterocycles. The molecule has 2 aromatic carbocycles. The van der Waals surface area contributed by atoms with Crippen molar-refractivity contribution in [2.75, 3.05) is 49.8 Å². The number of hydrogen-bond donors (Lipinski definition) is 0. The fraction of sp³-hybridized carbons (Fsp3) is 0.370. The van der Waals surface area contributed by atoms with E-state index in [1.165, 1.54) is 0 Å². The number of carbonyl (C=O) groups excluding carboxylic acids is 1. The Morgan fingerprint density at radius 1 is 1.14 bits per heavy atom. The maximum Gasteiger partial charge on any atom is 0.228 e. The largest absolute Gasteiger partial charge is 0.493 e. The van der Waals surface area contributed by atoms with Gasteiger partial charge < -0.3 is 19.1 Å². The summed E-state index contributed by atoms with van der Waals surface area (Å²) in [7, 11) is 1.60. The van der Waals surface area contributed by atoms with E-state index in [9.17, 15) is 10.1 Å². The van der Waals surface area contributed by atoms with Crippen molar-refractivity contribution in [2.45, 2.75) is 26.9 Å². The Bertz CT molecular complexity index is 1250. The molecule has 1 aliphatic rings. The van der Waals surface area contributed by atoms with Gasteiger partial charge in [0.15, 0.2) is 11.5 Å². The van der Waals surface area contributed by atoms with Gasteiger partial charge in [-0.15, -0.1) is 0 Å². The number of rotatable bonds is 9. The Hall–Kier alpha value is -4.03. The van der Waals surface area contributed by atoms with Gasteiger partial charge in [0.05, 0.1) is 42.3 Å². The van der Waals surface area contributed by atoms with Gasteiger partial charge in [-0.3, -0.25) is 9.78 Å². The van der Waals surface area contributed by atoms with Crippen LogP contribution >= 0.6 is 0 Å². The van der Waals surface area contributed by atoms with E-state index in [4.69, 9.17) is 14.2 Å². The lowest BCUT2D eigenvalue weighted by molar-refractivity contribution is -0.110. The van der Waals surface area contributed by atoms with Crippen LogP contribution in [0.2, 0.25) is 0 Å². The monoisotopic (exact) mass is 489 g/mol. The molecule has 1 aliphatic heterocycles. The molecule has 36 heavy (non-hydrogen) atoms. The van der Waals surface area contributed by atoms with Gasteiger partial charge in [0.2, 0.25) is 6.41 Å². The highest BCUT2D eigenvalue weighted by Gasteiger charge is 2.26. The highest BCUT2D eigenvalue weighted by molar-refractivity contribution is 5.96. The molecular formula is C27H31N5O4. The van der Waals surface area contributed by atoms with Crippen molar-refractivity contribution in [1.82, 2.24) is 9.99 Å². The topological polar surface area (TPSA) is 91.2 Å². The average Bonchev–Trinajstić information content (AvgIpc) is 2.89. The lowest BCUT2D eigenvalue weighted by atomic mass is 10.1. The van der Waals surface area contributed by atoms with Crippen LogP contribution in [0, 0.1) is 11.3 Å². The molecule has 0 aliphatic carbocycles. The summed E-state index contributed by atoms with van der Waals surface area (Å²) in [5.74, 6) is 1.98. The summed E-state index contributed by atoms with van der Waals surface area (Å²) in [6.07, 6.45) is 2.51. The average molecular weight is 490 g/mol. The number of ether oxygens (including phenoxy) is 3. The van der Waals surface area contributed by atoms with Crippen molar-refractivity contribution in [1.29, 1.82) is 5.26 Å². The molecule has 4 rings (SSSR count). The predicted molar refractivity (Wildman–Crippen MR) is 139 cm³/mol. The summed E-state index contributed by atoms with van der Waals surface area (Å²) < 4.78 is 17.0. The second-order valence-electron chi connectivity index (χ2n) is 8.64. The molecule has 3 aromatic rings. The van der Waals surface area contributed by atoms with Crippen molar-refractivity contribution in [3.63, 3.8) is 0 Å². The number of anilines is 2. The van der Waals surface area contributed by atoms with Gasteiger partial charge in [0, 0.05) is 43.8 Å². The maximum atomic E-state index is 12.0. The number of nitriles is 1. The molecule has 0 bridgehead atoms. The molecule has 0 N–H and O–H groups in total. The van der Waals surface area contributed by atoms with Gasteiger partial charge in [-0.2, -0.15) is 5.26 Å². The van der Waals surface area contributed by atoms with Crippen molar-refractivity contribution >= 4 is 28.7 Å². The van der Waals surface area contributed by atoms with E-state index in [1.807, 2.05) is 62.2 Å². The maximum absolute atomic E-state index is 12.0. The molecule has 9 heteroatoms. The molecule has 0 spiro atoms. The number of methoxy groups -OCH3 is 1. The molecule has 1 amide bonds. The quantitative estimate of drug-likeness (QED) is 0.417. The first-order valence-corrected chi connectivity index (χ1v) is 12.0. The molecule has 1 saturated heterocycles. The zero-order valence-electron chi connectivity index (χ0n) is 21.1. The Morgan fingerprint density at radius 3 is 2.44 bits per heavy atom. The Balaban J connectivity index is 1.57. The molecule has 0 unspecified atom stereocenters. The first kappa shape index (κ1) is 25.1.